The average molecular weight is 312 g/mol. The summed E-state index contributed by atoms with van der Waals surface area (Å²) in [4.78, 5) is 9.79. The van der Waals surface area contributed by atoms with Crippen LogP contribution < -0.4 is 10.5 Å². The molecule has 0 amide bonds. The molecule has 0 fully saturated rings. The van der Waals surface area contributed by atoms with E-state index in [-0.39, 0.29) is 22.8 Å². The first-order valence-corrected chi connectivity index (χ1v) is 7.23. The van der Waals surface area contributed by atoms with Crippen molar-refractivity contribution < 1.29 is 17.9 Å². The summed E-state index contributed by atoms with van der Waals surface area (Å²) in [5.74, 6) is 0.559. The molecule has 0 radical (unpaired) electrons. The minimum absolute atomic E-state index is 0.0590. The number of nitro benzene ring substituents is 1. The van der Waals surface area contributed by atoms with Crippen molar-refractivity contribution in [3.05, 3.63) is 45.8 Å². The molecule has 0 spiro atoms. The van der Waals surface area contributed by atoms with E-state index in [0.717, 1.165) is 18.2 Å². The van der Waals surface area contributed by atoms with Gasteiger partial charge in [-0.1, -0.05) is 5.16 Å². The van der Waals surface area contributed by atoms with Gasteiger partial charge in [-0.15, -0.1) is 0 Å². The normalized spacial score (nSPS) is 11.5. The highest BCUT2D eigenvalue weighted by Gasteiger charge is 2.19. The van der Waals surface area contributed by atoms with Crippen molar-refractivity contribution in [3.63, 3.8) is 0 Å². The van der Waals surface area contributed by atoms with Crippen molar-refractivity contribution in [1.82, 2.24) is 9.88 Å². The highest BCUT2D eigenvalue weighted by atomic mass is 32.2. The number of aromatic nitrogens is 1. The molecule has 1 aromatic carbocycles. The molecule has 0 saturated carbocycles. The zero-order valence-electron chi connectivity index (χ0n) is 10.9. The van der Waals surface area contributed by atoms with Gasteiger partial charge in [-0.05, 0) is 19.1 Å². The van der Waals surface area contributed by atoms with Crippen molar-refractivity contribution in [3.8, 4) is 0 Å². The fourth-order valence-electron chi connectivity index (χ4n) is 1.62. The van der Waals surface area contributed by atoms with Crippen molar-refractivity contribution >= 4 is 21.4 Å². The summed E-state index contributed by atoms with van der Waals surface area (Å²) in [5, 5.41) is 14.3. The molecule has 0 aliphatic heterocycles. The van der Waals surface area contributed by atoms with Crippen LogP contribution in [0.25, 0.3) is 0 Å². The number of anilines is 1. The van der Waals surface area contributed by atoms with E-state index in [1.807, 2.05) is 0 Å². The molecule has 0 saturated heterocycles. The number of hydrogen-bond acceptors (Lipinski definition) is 7. The number of hydrogen-bond donors (Lipinski definition) is 2. The molecule has 0 bridgehead atoms. The second-order valence-corrected chi connectivity index (χ2v) is 6.00. The Hall–Kier alpha value is -2.46. The fourth-order valence-corrected chi connectivity index (χ4v) is 2.65. The van der Waals surface area contributed by atoms with Crippen LogP contribution in [0, 0.1) is 17.0 Å². The van der Waals surface area contributed by atoms with Crippen LogP contribution in [-0.2, 0) is 16.6 Å². The van der Waals surface area contributed by atoms with Gasteiger partial charge < -0.3 is 10.3 Å². The molecule has 112 valence electrons. The van der Waals surface area contributed by atoms with Crippen LogP contribution >= 0.6 is 0 Å². The van der Waals surface area contributed by atoms with E-state index in [1.54, 1.807) is 13.0 Å². The van der Waals surface area contributed by atoms with Crippen LogP contribution in [0.1, 0.15) is 11.5 Å². The summed E-state index contributed by atoms with van der Waals surface area (Å²) >= 11 is 0. The Morgan fingerprint density at radius 2 is 2.14 bits per heavy atom. The number of nitrogens with zero attached hydrogens (tertiary/aromatic N) is 2. The van der Waals surface area contributed by atoms with Crippen LogP contribution in [0.15, 0.2) is 33.7 Å². The lowest BCUT2D eigenvalue weighted by Gasteiger charge is -2.06. The molecule has 0 atom stereocenters. The highest BCUT2D eigenvalue weighted by molar-refractivity contribution is 7.89. The van der Waals surface area contributed by atoms with Crippen molar-refractivity contribution in [2.75, 3.05) is 5.73 Å². The first-order valence-electron chi connectivity index (χ1n) is 5.75. The lowest BCUT2D eigenvalue weighted by molar-refractivity contribution is -0.383. The van der Waals surface area contributed by atoms with Gasteiger partial charge in [0.1, 0.15) is 11.4 Å². The lowest BCUT2D eigenvalue weighted by Crippen LogP contribution is -2.23. The van der Waals surface area contributed by atoms with Gasteiger partial charge in [0.25, 0.3) is 5.69 Å². The van der Waals surface area contributed by atoms with E-state index in [2.05, 4.69) is 9.88 Å². The molecular formula is C11H12N4O5S. The maximum Gasteiger partial charge on any atom is 0.292 e. The number of aryl methyl sites for hydroxylation is 1. The Bertz CT molecular complexity index is 784. The predicted molar refractivity (Wildman–Crippen MR) is 72.8 cm³/mol. The second kappa shape index (κ2) is 5.50. The van der Waals surface area contributed by atoms with Gasteiger partial charge in [-0.2, -0.15) is 0 Å². The quantitative estimate of drug-likeness (QED) is 0.475. The van der Waals surface area contributed by atoms with Gasteiger partial charge >= 0.3 is 0 Å². The third kappa shape index (κ3) is 3.35. The van der Waals surface area contributed by atoms with E-state index in [4.69, 9.17) is 10.3 Å². The lowest BCUT2D eigenvalue weighted by atomic mass is 10.3. The highest BCUT2D eigenvalue weighted by Crippen LogP contribution is 2.24. The molecular weight excluding hydrogens is 300 g/mol. The van der Waals surface area contributed by atoms with Gasteiger partial charge in [0.2, 0.25) is 10.0 Å². The van der Waals surface area contributed by atoms with Crippen molar-refractivity contribution in [1.29, 1.82) is 0 Å². The monoisotopic (exact) mass is 312 g/mol. The zero-order chi connectivity index (χ0) is 15.6. The van der Waals surface area contributed by atoms with E-state index >= 15 is 0 Å². The van der Waals surface area contributed by atoms with Crippen LogP contribution in [0.4, 0.5) is 11.4 Å². The Kier molecular flexibility index (Phi) is 3.91. The topological polar surface area (TPSA) is 141 Å². The predicted octanol–water partition coefficient (Wildman–Crippen LogP) is 0.952. The van der Waals surface area contributed by atoms with Crippen LogP contribution in [0.5, 0.6) is 0 Å². The van der Waals surface area contributed by atoms with Gasteiger partial charge in [0.05, 0.1) is 22.1 Å². The Balaban J connectivity index is 2.19. The molecule has 2 rings (SSSR count). The van der Waals surface area contributed by atoms with Gasteiger partial charge in [-0.3, -0.25) is 10.1 Å². The standard InChI is InChI=1S/C11H12N4O5S/c1-7-4-8(14-20-7)6-13-21(18,19)9-2-3-11(15(16)17)10(12)5-9/h2-5,13H,6,12H2,1H3. The number of nitrogens with one attached hydrogen (secondary N) is 1. The first kappa shape index (κ1) is 14.9. The number of sulfonamides is 1. The summed E-state index contributed by atoms with van der Waals surface area (Å²) < 4.78 is 31.2. The molecule has 10 heteroatoms. The number of benzene rings is 1. The average Bonchev–Trinajstić information content (AvgIpc) is 2.82. The van der Waals surface area contributed by atoms with Crippen LogP contribution in [-0.4, -0.2) is 18.5 Å². The third-order valence-corrected chi connectivity index (χ3v) is 4.02. The molecule has 0 unspecified atom stereocenters. The fraction of sp³-hybridized carbons (Fsp3) is 0.182. The Labute approximate surface area is 119 Å². The van der Waals surface area contributed by atoms with Crippen molar-refractivity contribution in [2.24, 2.45) is 0 Å². The zero-order valence-corrected chi connectivity index (χ0v) is 11.8. The summed E-state index contributed by atoms with van der Waals surface area (Å²) in [7, 11) is -3.85. The summed E-state index contributed by atoms with van der Waals surface area (Å²) in [6, 6.07) is 4.79. The number of nitrogen functional groups attached to an aromatic ring is 1. The van der Waals surface area contributed by atoms with E-state index < -0.39 is 14.9 Å². The van der Waals surface area contributed by atoms with E-state index in [0.29, 0.717) is 11.5 Å². The molecule has 3 N–H and O–H groups in total. The smallest absolute Gasteiger partial charge is 0.292 e. The maximum atomic E-state index is 12.1. The Morgan fingerprint density at radius 3 is 2.67 bits per heavy atom. The molecule has 2 aromatic rings. The summed E-state index contributed by atoms with van der Waals surface area (Å²) in [6.45, 7) is 1.62. The van der Waals surface area contributed by atoms with E-state index in [9.17, 15) is 18.5 Å². The Morgan fingerprint density at radius 1 is 1.43 bits per heavy atom. The summed E-state index contributed by atoms with van der Waals surface area (Å²) in [5.41, 5.74) is 5.32. The third-order valence-electron chi connectivity index (χ3n) is 2.63. The number of nitro groups is 1. The van der Waals surface area contributed by atoms with Crippen LogP contribution in [0.3, 0.4) is 0 Å². The number of rotatable bonds is 5. The molecule has 0 aliphatic carbocycles. The molecule has 0 aliphatic rings. The van der Waals surface area contributed by atoms with E-state index in [1.165, 1.54) is 0 Å². The second-order valence-electron chi connectivity index (χ2n) is 4.23. The molecule has 21 heavy (non-hydrogen) atoms. The molecule has 9 nitrogen and oxygen atoms in total. The van der Waals surface area contributed by atoms with Crippen molar-refractivity contribution in [2.45, 2.75) is 18.4 Å². The summed E-state index contributed by atoms with van der Waals surface area (Å²) in [6.07, 6.45) is 0. The maximum absolute atomic E-state index is 12.1. The van der Waals surface area contributed by atoms with Gasteiger partial charge in [0, 0.05) is 12.1 Å². The number of nitrogens with two attached hydrogens (primary N) is 1. The van der Waals surface area contributed by atoms with Gasteiger partial charge in [0.15, 0.2) is 0 Å². The molecule has 1 heterocycles. The molecule has 1 aromatic heterocycles. The van der Waals surface area contributed by atoms with Gasteiger partial charge in [-0.25, -0.2) is 13.1 Å². The minimum Gasteiger partial charge on any atom is -0.393 e. The first-order chi connectivity index (χ1) is 9.79. The largest absolute Gasteiger partial charge is 0.393 e. The minimum atomic E-state index is -3.85. The SMILES string of the molecule is Cc1cc(CNS(=O)(=O)c2ccc([N+](=O)[O-])c(N)c2)no1. The van der Waals surface area contributed by atoms with Crippen LogP contribution in [0.2, 0.25) is 0 Å².